The summed E-state index contributed by atoms with van der Waals surface area (Å²) in [6.45, 7) is 7.41. The summed E-state index contributed by atoms with van der Waals surface area (Å²) in [5.74, 6) is -0.586. The van der Waals surface area contributed by atoms with Crippen LogP contribution in [0.1, 0.15) is 26.7 Å². The third-order valence-electron chi connectivity index (χ3n) is 0.957. The Labute approximate surface area is 78.8 Å². The van der Waals surface area contributed by atoms with Crippen molar-refractivity contribution in [2.45, 2.75) is 26.7 Å². The molecule has 0 aliphatic rings. The molecule has 0 saturated carbocycles. The minimum atomic E-state index is -0.481. The zero-order chi connectivity index (χ0) is 10.7. The first kappa shape index (κ1) is 14.2. The monoisotopic (exact) mass is 187 g/mol. The lowest BCUT2D eigenvalue weighted by atomic mass is 10.5. The lowest BCUT2D eigenvalue weighted by molar-refractivity contribution is -0.143. The second kappa shape index (κ2) is 10.7. The molecule has 0 aliphatic carbocycles. The van der Waals surface area contributed by atoms with Gasteiger partial charge < -0.3 is 10.5 Å². The molecule has 13 heavy (non-hydrogen) atoms. The van der Waals surface area contributed by atoms with E-state index in [1.165, 1.54) is 0 Å². The van der Waals surface area contributed by atoms with Crippen LogP contribution in [0.5, 0.6) is 0 Å². The van der Waals surface area contributed by atoms with Crippen LogP contribution in [0.25, 0.3) is 0 Å². The molecule has 0 unspecified atom stereocenters. The Balaban J connectivity index is 0. The Bertz CT molecular complexity index is 166. The number of amides is 1. The van der Waals surface area contributed by atoms with Gasteiger partial charge in [-0.1, -0.05) is 20.4 Å². The fraction of sp³-hybridized carbons (Fsp3) is 0.556. The van der Waals surface area contributed by atoms with Crippen molar-refractivity contribution in [2.24, 2.45) is 5.73 Å². The van der Waals surface area contributed by atoms with Gasteiger partial charge in [-0.25, -0.2) is 0 Å². The second-order valence-electron chi connectivity index (χ2n) is 2.18. The van der Waals surface area contributed by atoms with E-state index in [1.807, 2.05) is 6.92 Å². The van der Waals surface area contributed by atoms with Gasteiger partial charge in [0.2, 0.25) is 5.91 Å². The Morgan fingerprint density at radius 2 is 1.92 bits per heavy atom. The number of hydrogen-bond acceptors (Lipinski definition) is 3. The fourth-order valence-corrected chi connectivity index (χ4v) is 0.318. The van der Waals surface area contributed by atoms with Crippen LogP contribution in [0.4, 0.5) is 0 Å². The van der Waals surface area contributed by atoms with Crippen LogP contribution in [-0.4, -0.2) is 18.5 Å². The van der Waals surface area contributed by atoms with E-state index < -0.39 is 5.91 Å². The highest BCUT2D eigenvalue weighted by Gasteiger charge is 1.93. The van der Waals surface area contributed by atoms with Gasteiger partial charge in [-0.2, -0.15) is 0 Å². The topological polar surface area (TPSA) is 69.4 Å². The Kier molecular flexibility index (Phi) is 11.7. The Hall–Kier alpha value is -1.32. The molecule has 0 aromatic rings. The van der Waals surface area contributed by atoms with Gasteiger partial charge in [0.25, 0.3) is 0 Å². The number of primary amides is 1. The van der Waals surface area contributed by atoms with Crippen molar-refractivity contribution >= 4 is 11.9 Å². The number of rotatable bonds is 4. The SMILES string of the molecule is C=CC(N)=O.CCCOC(=O)CC. The van der Waals surface area contributed by atoms with Crippen molar-refractivity contribution in [3.8, 4) is 0 Å². The first-order valence-corrected chi connectivity index (χ1v) is 4.15. The molecule has 0 radical (unpaired) electrons. The summed E-state index contributed by atoms with van der Waals surface area (Å²) in [5, 5.41) is 0. The second-order valence-corrected chi connectivity index (χ2v) is 2.18. The summed E-state index contributed by atoms with van der Waals surface area (Å²) in [7, 11) is 0. The van der Waals surface area contributed by atoms with Gasteiger partial charge in [-0.3, -0.25) is 9.59 Å². The molecular weight excluding hydrogens is 170 g/mol. The third-order valence-corrected chi connectivity index (χ3v) is 0.957. The molecule has 0 rings (SSSR count). The summed E-state index contributed by atoms with van der Waals surface area (Å²) in [4.78, 5) is 19.8. The molecule has 0 aromatic heterocycles. The van der Waals surface area contributed by atoms with Crippen LogP contribution in [0.2, 0.25) is 0 Å². The van der Waals surface area contributed by atoms with E-state index in [1.54, 1.807) is 6.92 Å². The minimum Gasteiger partial charge on any atom is -0.466 e. The van der Waals surface area contributed by atoms with Crippen LogP contribution in [0, 0.1) is 0 Å². The summed E-state index contributed by atoms with van der Waals surface area (Å²) < 4.78 is 4.70. The highest BCUT2D eigenvalue weighted by molar-refractivity contribution is 5.84. The highest BCUT2D eigenvalue weighted by Crippen LogP contribution is 1.85. The van der Waals surface area contributed by atoms with E-state index in [9.17, 15) is 9.59 Å². The van der Waals surface area contributed by atoms with Gasteiger partial charge in [0.1, 0.15) is 0 Å². The summed E-state index contributed by atoms with van der Waals surface area (Å²) in [5.41, 5.74) is 4.53. The molecule has 0 spiro atoms. The maximum atomic E-state index is 10.3. The number of carbonyl (C=O) groups is 2. The highest BCUT2D eigenvalue weighted by atomic mass is 16.5. The summed E-state index contributed by atoms with van der Waals surface area (Å²) in [6, 6.07) is 0. The molecule has 0 saturated heterocycles. The average Bonchev–Trinajstić information content (AvgIpc) is 2.15. The van der Waals surface area contributed by atoms with E-state index in [0.717, 1.165) is 12.5 Å². The molecule has 4 nitrogen and oxygen atoms in total. The molecular formula is C9H17NO3. The van der Waals surface area contributed by atoms with Crippen LogP contribution < -0.4 is 5.73 Å². The molecule has 0 aliphatic heterocycles. The molecule has 0 aromatic carbocycles. The van der Waals surface area contributed by atoms with E-state index in [0.29, 0.717) is 13.0 Å². The first-order chi connectivity index (χ1) is 6.08. The fourth-order valence-electron chi connectivity index (χ4n) is 0.318. The summed E-state index contributed by atoms with van der Waals surface area (Å²) in [6.07, 6.45) is 2.45. The van der Waals surface area contributed by atoms with Crippen LogP contribution >= 0.6 is 0 Å². The number of esters is 1. The number of carbonyl (C=O) groups excluding carboxylic acids is 2. The van der Waals surface area contributed by atoms with E-state index in [2.05, 4.69) is 12.3 Å². The van der Waals surface area contributed by atoms with Gasteiger partial charge in [-0.15, -0.1) is 0 Å². The minimum absolute atomic E-state index is 0.105. The predicted octanol–water partition coefficient (Wildman–Crippen LogP) is 1.01. The maximum absolute atomic E-state index is 10.3. The zero-order valence-corrected chi connectivity index (χ0v) is 8.21. The average molecular weight is 187 g/mol. The van der Waals surface area contributed by atoms with Crippen molar-refractivity contribution < 1.29 is 14.3 Å². The molecule has 0 bridgehead atoms. The number of hydrogen-bond donors (Lipinski definition) is 1. The quantitative estimate of drug-likeness (QED) is 0.527. The zero-order valence-electron chi connectivity index (χ0n) is 8.21. The number of ether oxygens (including phenoxy) is 1. The molecule has 0 fully saturated rings. The van der Waals surface area contributed by atoms with Crippen molar-refractivity contribution in [3.05, 3.63) is 12.7 Å². The lowest BCUT2D eigenvalue weighted by Gasteiger charge is -1.97. The van der Waals surface area contributed by atoms with Crippen LogP contribution in [-0.2, 0) is 14.3 Å². The van der Waals surface area contributed by atoms with Crippen molar-refractivity contribution in [1.82, 2.24) is 0 Å². The van der Waals surface area contributed by atoms with Gasteiger partial charge in [0, 0.05) is 6.42 Å². The van der Waals surface area contributed by atoms with Gasteiger partial charge in [0.15, 0.2) is 0 Å². The largest absolute Gasteiger partial charge is 0.466 e. The van der Waals surface area contributed by atoms with Gasteiger partial charge in [0.05, 0.1) is 6.61 Å². The Morgan fingerprint density at radius 1 is 1.46 bits per heavy atom. The first-order valence-electron chi connectivity index (χ1n) is 4.15. The third kappa shape index (κ3) is 18.0. The maximum Gasteiger partial charge on any atom is 0.305 e. The normalized spacial score (nSPS) is 7.85. The van der Waals surface area contributed by atoms with Crippen LogP contribution in [0.3, 0.4) is 0 Å². The summed E-state index contributed by atoms with van der Waals surface area (Å²) >= 11 is 0. The smallest absolute Gasteiger partial charge is 0.305 e. The molecule has 76 valence electrons. The Morgan fingerprint density at radius 3 is 2.15 bits per heavy atom. The standard InChI is InChI=1S/C6H12O2.C3H5NO/c1-3-5-8-6(7)4-2;1-2-3(4)5/h3-5H2,1-2H3;2H,1H2,(H2,4,5). The predicted molar refractivity (Wildman–Crippen MR) is 50.9 cm³/mol. The number of nitrogens with two attached hydrogens (primary N) is 1. The molecule has 2 N–H and O–H groups in total. The van der Waals surface area contributed by atoms with E-state index in [-0.39, 0.29) is 5.97 Å². The van der Waals surface area contributed by atoms with Gasteiger partial charge >= 0.3 is 5.97 Å². The van der Waals surface area contributed by atoms with Crippen molar-refractivity contribution in [2.75, 3.05) is 6.61 Å². The van der Waals surface area contributed by atoms with E-state index in [4.69, 9.17) is 4.74 Å². The van der Waals surface area contributed by atoms with Crippen LogP contribution in [0.15, 0.2) is 12.7 Å². The van der Waals surface area contributed by atoms with Crippen molar-refractivity contribution in [1.29, 1.82) is 0 Å². The van der Waals surface area contributed by atoms with Crippen molar-refractivity contribution in [3.63, 3.8) is 0 Å². The molecule has 1 amide bonds. The molecule has 0 atom stereocenters. The van der Waals surface area contributed by atoms with E-state index >= 15 is 0 Å². The molecule has 0 heterocycles. The molecule has 4 heteroatoms. The lowest BCUT2D eigenvalue weighted by Crippen LogP contribution is -2.04. The van der Waals surface area contributed by atoms with Gasteiger partial charge in [-0.05, 0) is 12.5 Å².